The molecule has 0 radical (unpaired) electrons. The van der Waals surface area contributed by atoms with Crippen LogP contribution < -0.4 is 39.0 Å². The predicted molar refractivity (Wildman–Crippen MR) is 130 cm³/mol. The van der Waals surface area contributed by atoms with Gasteiger partial charge in [-0.1, -0.05) is 26.0 Å². The number of carbonyl (C=O) groups is 1. The number of carboxylic acids is 1. The van der Waals surface area contributed by atoms with E-state index in [2.05, 4.69) is 9.97 Å². The van der Waals surface area contributed by atoms with Crippen molar-refractivity contribution < 1.29 is 61.7 Å². The summed E-state index contributed by atoms with van der Waals surface area (Å²) in [5.74, 6) is -1.77. The number of ether oxygens (including phenoxy) is 2. The zero-order valence-electron chi connectivity index (χ0n) is 21.7. The maximum atomic E-state index is 13.6. The molecule has 2 rings (SSSR count). The maximum Gasteiger partial charge on any atom is 1.00 e. The van der Waals surface area contributed by atoms with Crippen molar-refractivity contribution in [1.29, 1.82) is 0 Å². The van der Waals surface area contributed by atoms with Gasteiger partial charge in [-0.05, 0) is 30.2 Å². The van der Waals surface area contributed by atoms with Crippen molar-refractivity contribution in [3.05, 3.63) is 47.4 Å². The Labute approximate surface area is 234 Å². The summed E-state index contributed by atoms with van der Waals surface area (Å²) < 4.78 is 49.6. The van der Waals surface area contributed by atoms with E-state index in [1.165, 1.54) is 33.4 Å². The van der Waals surface area contributed by atoms with E-state index >= 15 is 0 Å². The van der Waals surface area contributed by atoms with E-state index in [9.17, 15) is 22.7 Å². The van der Waals surface area contributed by atoms with E-state index < -0.39 is 34.0 Å². The van der Waals surface area contributed by atoms with Gasteiger partial charge in [0.05, 0.1) is 29.9 Å². The van der Waals surface area contributed by atoms with Crippen molar-refractivity contribution >= 4 is 28.0 Å². The second kappa shape index (κ2) is 14.2. The van der Waals surface area contributed by atoms with Crippen LogP contribution in [0.25, 0.3) is 17.3 Å². The minimum absolute atomic E-state index is 0. The molecule has 0 spiro atoms. The number of hydrogen-bond acceptors (Lipinski definition) is 8. The number of rotatable bonds is 12. The monoisotopic (exact) mass is 531 g/mol. The summed E-state index contributed by atoms with van der Waals surface area (Å²) in [6, 6.07) is 5.69. The molecule has 0 amide bonds. The number of benzene rings is 1. The largest absolute Gasteiger partial charge is 1.00 e. The molecule has 0 aliphatic carbocycles. The van der Waals surface area contributed by atoms with Crippen molar-refractivity contribution in [2.45, 2.75) is 44.8 Å². The Kier molecular flexibility index (Phi) is 12.6. The van der Waals surface area contributed by atoms with E-state index in [0.717, 1.165) is 10.6 Å². The summed E-state index contributed by atoms with van der Waals surface area (Å²) in [5, 5.41) is 11.0. The number of anilines is 1. The molecule has 9 nitrogen and oxygen atoms in total. The number of carbonyl (C=O) groups excluding carboxylic acids is 1. The van der Waals surface area contributed by atoms with Gasteiger partial charge in [-0.3, -0.25) is 0 Å². The molecule has 12 heteroatoms. The number of methoxy groups -OCH3 is 2. The summed E-state index contributed by atoms with van der Waals surface area (Å²) in [7, 11) is 0.640. The van der Waals surface area contributed by atoms with Crippen molar-refractivity contribution in [3.8, 4) is 11.3 Å². The molecule has 0 unspecified atom stereocenters. The molecule has 1 heterocycles. The fourth-order valence-electron chi connectivity index (χ4n) is 3.36. The molecular weight excluding hydrogens is 500 g/mol. The predicted octanol–water partition coefficient (Wildman–Crippen LogP) is -0.621. The first-order valence-corrected chi connectivity index (χ1v) is 12.8. The van der Waals surface area contributed by atoms with Crippen LogP contribution in [0.15, 0.2) is 30.3 Å². The molecule has 0 aliphatic rings. The Morgan fingerprint density at radius 2 is 1.78 bits per heavy atom. The van der Waals surface area contributed by atoms with Crippen LogP contribution >= 0.6 is 0 Å². The molecular formula is C24H31FN3NaO6S. The second-order valence-corrected chi connectivity index (χ2v) is 10.4. The fraction of sp³-hybridized carbons (Fsp3) is 0.458. The van der Waals surface area contributed by atoms with Crippen LogP contribution in [0.4, 0.5) is 10.3 Å². The average Bonchev–Trinajstić information content (AvgIpc) is 2.79. The third kappa shape index (κ3) is 8.89. The van der Waals surface area contributed by atoms with Gasteiger partial charge in [0, 0.05) is 51.2 Å². The van der Waals surface area contributed by atoms with Crippen molar-refractivity contribution in [2.24, 2.45) is 0 Å². The van der Waals surface area contributed by atoms with E-state index in [0.29, 0.717) is 22.5 Å². The van der Waals surface area contributed by atoms with Crippen LogP contribution in [0.5, 0.6) is 0 Å². The molecule has 0 saturated heterocycles. The Morgan fingerprint density at radius 1 is 1.17 bits per heavy atom. The summed E-state index contributed by atoms with van der Waals surface area (Å²) in [6.07, 6.45) is 3.40. The number of sulfonamides is 1. The topological polar surface area (TPSA) is 122 Å². The average molecular weight is 532 g/mol. The van der Waals surface area contributed by atoms with Gasteiger partial charge in [0.2, 0.25) is 16.0 Å². The molecule has 1 aromatic carbocycles. The number of carboxylic acid groups (broad SMARTS) is 1. The van der Waals surface area contributed by atoms with Crippen LogP contribution in [0, 0.1) is 5.82 Å². The zero-order valence-corrected chi connectivity index (χ0v) is 24.5. The quantitative estimate of drug-likeness (QED) is 0.332. The van der Waals surface area contributed by atoms with Crippen LogP contribution in [0.1, 0.15) is 43.9 Å². The Balaban J connectivity index is 0.00000648. The summed E-state index contributed by atoms with van der Waals surface area (Å²) >= 11 is 0. The molecule has 2 aromatic rings. The van der Waals surface area contributed by atoms with Gasteiger partial charge < -0.3 is 19.4 Å². The number of aliphatic carboxylic acids is 1. The minimum Gasteiger partial charge on any atom is -0.550 e. The van der Waals surface area contributed by atoms with Crippen molar-refractivity contribution in [3.63, 3.8) is 0 Å². The van der Waals surface area contributed by atoms with Crippen LogP contribution in [-0.4, -0.2) is 64.1 Å². The van der Waals surface area contributed by atoms with Crippen LogP contribution in [0.2, 0.25) is 0 Å². The normalized spacial score (nSPS) is 13.4. The first-order chi connectivity index (χ1) is 16.4. The third-order valence-corrected chi connectivity index (χ3v) is 6.57. The third-order valence-electron chi connectivity index (χ3n) is 5.41. The summed E-state index contributed by atoms with van der Waals surface area (Å²) in [6.45, 7) is 3.82. The Morgan fingerprint density at radius 3 is 2.25 bits per heavy atom. The van der Waals surface area contributed by atoms with Gasteiger partial charge in [-0.2, -0.15) is 0 Å². The molecule has 0 N–H and O–H groups in total. The second-order valence-electron chi connectivity index (χ2n) is 8.37. The first kappa shape index (κ1) is 32.1. The van der Waals surface area contributed by atoms with Crippen LogP contribution in [0.3, 0.4) is 0 Å². The SMILES string of the molecule is CO[C@@H](CC(=O)[O-])C[C@@H](/C=C/c1c(-c2ccc(F)cc2)nc(N(C)S(C)(=O)=O)nc1C(C)C)OC.[Na+]. The Hall–Kier alpha value is -1.89. The van der Waals surface area contributed by atoms with E-state index in [-0.39, 0.29) is 54.3 Å². The molecule has 0 fully saturated rings. The molecule has 2 atom stereocenters. The van der Waals surface area contributed by atoms with E-state index in [4.69, 9.17) is 9.47 Å². The minimum atomic E-state index is -3.63. The van der Waals surface area contributed by atoms with Gasteiger partial charge in [-0.25, -0.2) is 27.1 Å². The standard InChI is InChI=1S/C24H32FN3O6S.Na/c1-15(2)22-20(12-11-18(33-4)13-19(34-5)14-21(29)30)23(16-7-9-17(25)10-8-16)27-24(26-22)28(3)35(6,31)32;/h7-12,15,18-19H,13-14H2,1-6H3,(H,29,30);/q;+1/p-1/b12-11+;/t18-,19-;/m1./s1. The smallest absolute Gasteiger partial charge is 0.550 e. The zero-order chi connectivity index (χ0) is 26.3. The van der Waals surface area contributed by atoms with Gasteiger partial charge in [0.25, 0.3) is 0 Å². The Bertz CT molecular complexity index is 1160. The first-order valence-electron chi connectivity index (χ1n) is 10.9. The number of nitrogens with zero attached hydrogens (tertiary/aromatic N) is 3. The fourth-order valence-corrected chi connectivity index (χ4v) is 3.74. The molecule has 1 aromatic heterocycles. The van der Waals surface area contributed by atoms with Crippen LogP contribution in [-0.2, 0) is 24.3 Å². The molecule has 0 saturated carbocycles. The number of hydrogen-bond donors (Lipinski definition) is 0. The van der Waals surface area contributed by atoms with Crippen molar-refractivity contribution in [1.82, 2.24) is 9.97 Å². The molecule has 36 heavy (non-hydrogen) atoms. The molecule has 192 valence electrons. The van der Waals surface area contributed by atoms with E-state index in [1.54, 1.807) is 24.3 Å². The van der Waals surface area contributed by atoms with Crippen molar-refractivity contribution in [2.75, 3.05) is 31.8 Å². The van der Waals surface area contributed by atoms with Gasteiger partial charge in [-0.15, -0.1) is 0 Å². The van der Waals surface area contributed by atoms with Gasteiger partial charge in [0.1, 0.15) is 5.82 Å². The van der Waals surface area contributed by atoms with E-state index in [1.807, 2.05) is 13.8 Å². The maximum absolute atomic E-state index is 13.6. The summed E-state index contributed by atoms with van der Waals surface area (Å²) in [4.78, 5) is 20.0. The van der Waals surface area contributed by atoms with Gasteiger partial charge >= 0.3 is 29.6 Å². The number of aromatic nitrogens is 2. The number of halogens is 1. The van der Waals surface area contributed by atoms with Gasteiger partial charge in [0.15, 0.2) is 0 Å². The molecule has 0 aliphatic heterocycles. The summed E-state index contributed by atoms with van der Waals surface area (Å²) in [5.41, 5.74) is 2.17. The molecule has 0 bridgehead atoms.